The molecule has 0 heterocycles. The summed E-state index contributed by atoms with van der Waals surface area (Å²) in [5.41, 5.74) is 0. The van der Waals surface area contributed by atoms with Gasteiger partial charge in [-0.15, -0.1) is 0 Å². The Morgan fingerprint density at radius 3 is 2.36 bits per heavy atom. The molecule has 2 nitrogen and oxygen atoms in total. The number of esters is 1. The molecule has 0 aromatic rings. The van der Waals surface area contributed by atoms with Crippen LogP contribution in [0.5, 0.6) is 0 Å². The molecule has 1 radical (unpaired) electrons. The third-order valence-corrected chi connectivity index (χ3v) is 1.29. The molecule has 0 saturated heterocycles. The summed E-state index contributed by atoms with van der Waals surface area (Å²) in [6, 6.07) is 0. The number of ether oxygens (including phenoxy) is 1. The Labute approximate surface area is 96.7 Å². The first kappa shape index (κ1) is 14.2. The molecule has 0 atom stereocenters. The van der Waals surface area contributed by atoms with Crippen LogP contribution in [0.4, 0.5) is 0 Å². The molecule has 0 saturated carbocycles. The van der Waals surface area contributed by atoms with Gasteiger partial charge in [-0.1, -0.05) is 19.8 Å². The summed E-state index contributed by atoms with van der Waals surface area (Å²) >= 11 is 0. The van der Waals surface area contributed by atoms with E-state index in [1.54, 1.807) is 0 Å². The van der Waals surface area contributed by atoms with Crippen molar-refractivity contribution in [2.45, 2.75) is 39.5 Å². The predicted octanol–water partition coefficient (Wildman–Crippen LogP) is 2.13. The van der Waals surface area contributed by atoms with E-state index in [9.17, 15) is 4.79 Å². The standard InChI is InChI=1S/C8H16O2.La/c1-3-5-6-7-8(9)10-4-2;/h3-7H2,1-2H3;. The van der Waals surface area contributed by atoms with Crippen molar-refractivity contribution in [3.8, 4) is 0 Å². The van der Waals surface area contributed by atoms with Crippen LogP contribution < -0.4 is 0 Å². The number of rotatable bonds is 5. The molecule has 0 aromatic carbocycles. The average molecular weight is 283 g/mol. The van der Waals surface area contributed by atoms with E-state index in [0.29, 0.717) is 13.0 Å². The van der Waals surface area contributed by atoms with Gasteiger partial charge in [0.15, 0.2) is 0 Å². The zero-order valence-corrected chi connectivity index (χ0v) is 11.1. The van der Waals surface area contributed by atoms with E-state index in [-0.39, 0.29) is 41.6 Å². The molecule has 0 fully saturated rings. The fourth-order valence-corrected chi connectivity index (χ4v) is 0.752. The van der Waals surface area contributed by atoms with Crippen LogP contribution in [0.25, 0.3) is 0 Å². The monoisotopic (exact) mass is 283 g/mol. The summed E-state index contributed by atoms with van der Waals surface area (Å²) in [6.45, 7) is 4.45. The van der Waals surface area contributed by atoms with Gasteiger partial charge < -0.3 is 4.74 Å². The zero-order chi connectivity index (χ0) is 7.82. The normalized spacial score (nSPS) is 8.55. The molecule has 0 aromatic heterocycles. The van der Waals surface area contributed by atoms with Gasteiger partial charge >= 0.3 is 5.97 Å². The van der Waals surface area contributed by atoms with Crippen molar-refractivity contribution in [2.75, 3.05) is 6.61 Å². The Hall–Kier alpha value is 0.665. The molecule has 63 valence electrons. The van der Waals surface area contributed by atoms with Crippen molar-refractivity contribution < 1.29 is 45.1 Å². The second-order valence-electron chi connectivity index (χ2n) is 2.26. The molecule has 0 aliphatic heterocycles. The Kier molecular flexibility index (Phi) is 13.8. The smallest absolute Gasteiger partial charge is 0.305 e. The van der Waals surface area contributed by atoms with Gasteiger partial charge in [-0.05, 0) is 13.3 Å². The molecule has 0 bridgehead atoms. The summed E-state index contributed by atoms with van der Waals surface area (Å²) in [7, 11) is 0. The summed E-state index contributed by atoms with van der Waals surface area (Å²) in [6.07, 6.45) is 3.83. The van der Waals surface area contributed by atoms with Gasteiger partial charge in [0.1, 0.15) is 0 Å². The van der Waals surface area contributed by atoms with Crippen LogP contribution in [-0.4, -0.2) is 12.6 Å². The number of hydrogen-bond acceptors (Lipinski definition) is 2. The van der Waals surface area contributed by atoms with Crippen LogP contribution >= 0.6 is 0 Å². The van der Waals surface area contributed by atoms with Gasteiger partial charge in [-0.3, -0.25) is 4.79 Å². The van der Waals surface area contributed by atoms with Gasteiger partial charge in [0, 0.05) is 42.0 Å². The molecule has 0 aliphatic carbocycles. The van der Waals surface area contributed by atoms with E-state index >= 15 is 0 Å². The second kappa shape index (κ2) is 10.7. The maximum Gasteiger partial charge on any atom is 0.305 e. The van der Waals surface area contributed by atoms with Gasteiger partial charge in [0.2, 0.25) is 0 Å². The number of unbranched alkanes of at least 4 members (excludes halogenated alkanes) is 2. The van der Waals surface area contributed by atoms with Crippen LogP contribution in [0.1, 0.15) is 39.5 Å². The van der Waals surface area contributed by atoms with E-state index < -0.39 is 0 Å². The largest absolute Gasteiger partial charge is 0.466 e. The van der Waals surface area contributed by atoms with Gasteiger partial charge in [-0.2, -0.15) is 0 Å². The Bertz CT molecular complexity index is 94.1. The third kappa shape index (κ3) is 10.7. The topological polar surface area (TPSA) is 26.3 Å². The minimum atomic E-state index is -0.0593. The summed E-state index contributed by atoms with van der Waals surface area (Å²) in [5, 5.41) is 0. The molecular formula is C8H16LaO2. The van der Waals surface area contributed by atoms with Crippen LogP contribution in [0.15, 0.2) is 0 Å². The third-order valence-electron chi connectivity index (χ3n) is 1.29. The molecular weight excluding hydrogens is 267 g/mol. The van der Waals surface area contributed by atoms with Crippen molar-refractivity contribution in [2.24, 2.45) is 0 Å². The summed E-state index contributed by atoms with van der Waals surface area (Å²) in [4.78, 5) is 10.7. The summed E-state index contributed by atoms with van der Waals surface area (Å²) < 4.78 is 4.75. The van der Waals surface area contributed by atoms with Crippen LogP contribution in [-0.2, 0) is 9.53 Å². The van der Waals surface area contributed by atoms with Gasteiger partial charge in [0.25, 0.3) is 0 Å². The van der Waals surface area contributed by atoms with E-state index in [2.05, 4.69) is 6.92 Å². The SMILES string of the molecule is CCCCCC(=O)OCC.[La]. The first-order valence-electron chi connectivity index (χ1n) is 3.96. The minimum Gasteiger partial charge on any atom is -0.466 e. The van der Waals surface area contributed by atoms with E-state index in [4.69, 9.17) is 4.74 Å². The fraction of sp³-hybridized carbons (Fsp3) is 0.875. The molecule has 0 aliphatic rings. The van der Waals surface area contributed by atoms with Crippen LogP contribution in [0.2, 0.25) is 0 Å². The Morgan fingerprint density at radius 2 is 1.91 bits per heavy atom. The average Bonchev–Trinajstić information content (AvgIpc) is 1.89. The molecule has 0 unspecified atom stereocenters. The first-order chi connectivity index (χ1) is 4.81. The van der Waals surface area contributed by atoms with Crippen molar-refractivity contribution in [3.05, 3.63) is 0 Å². The Balaban J connectivity index is 0. The fourth-order valence-electron chi connectivity index (χ4n) is 0.752. The van der Waals surface area contributed by atoms with E-state index in [1.165, 1.54) is 0 Å². The molecule has 0 spiro atoms. The van der Waals surface area contributed by atoms with E-state index in [0.717, 1.165) is 19.3 Å². The zero-order valence-electron chi connectivity index (χ0n) is 7.43. The molecule has 0 N–H and O–H groups in total. The molecule has 0 amide bonds. The number of hydrogen-bond donors (Lipinski definition) is 0. The Morgan fingerprint density at radius 1 is 1.27 bits per heavy atom. The van der Waals surface area contributed by atoms with Gasteiger partial charge in [-0.25, -0.2) is 0 Å². The quantitative estimate of drug-likeness (QED) is 0.570. The summed E-state index contributed by atoms with van der Waals surface area (Å²) in [5.74, 6) is -0.0593. The minimum absolute atomic E-state index is 0. The first-order valence-corrected chi connectivity index (χ1v) is 3.96. The second-order valence-corrected chi connectivity index (χ2v) is 2.26. The number of carbonyl (C=O) groups excluding carboxylic acids is 1. The van der Waals surface area contributed by atoms with Crippen molar-refractivity contribution in [3.63, 3.8) is 0 Å². The van der Waals surface area contributed by atoms with Crippen LogP contribution in [0, 0.1) is 35.6 Å². The molecule has 0 rings (SSSR count). The number of carbonyl (C=O) groups is 1. The van der Waals surface area contributed by atoms with Crippen molar-refractivity contribution >= 4 is 5.97 Å². The van der Waals surface area contributed by atoms with Crippen molar-refractivity contribution in [1.29, 1.82) is 0 Å². The van der Waals surface area contributed by atoms with Crippen molar-refractivity contribution in [1.82, 2.24) is 0 Å². The predicted molar refractivity (Wildman–Crippen MR) is 40.8 cm³/mol. The maximum atomic E-state index is 10.7. The molecule has 11 heavy (non-hydrogen) atoms. The molecule has 3 heteroatoms. The van der Waals surface area contributed by atoms with E-state index in [1.807, 2.05) is 6.92 Å². The van der Waals surface area contributed by atoms with Gasteiger partial charge in [0.05, 0.1) is 6.61 Å². The van der Waals surface area contributed by atoms with Crippen LogP contribution in [0.3, 0.4) is 0 Å². The maximum absolute atomic E-state index is 10.7.